The maximum Gasteiger partial charge on any atom is 0.338 e. The summed E-state index contributed by atoms with van der Waals surface area (Å²) in [7, 11) is 0. The van der Waals surface area contributed by atoms with Gasteiger partial charge in [0.15, 0.2) is 0 Å². The fraction of sp³-hybridized carbons (Fsp3) is 0.387. The largest absolute Gasteiger partial charge is 0.508 e. The second kappa shape index (κ2) is 13.1. The number of ether oxygens (including phenoxy) is 3. The molecule has 2 aromatic carbocycles. The maximum atomic E-state index is 13.5. The summed E-state index contributed by atoms with van der Waals surface area (Å²) in [5.41, 5.74) is 2.49. The first-order valence-electron chi connectivity index (χ1n) is 13.8. The number of rotatable bonds is 9. The highest BCUT2D eigenvalue weighted by Gasteiger charge is 2.44. The number of hydrogen-bond acceptors (Lipinski definition) is 8. The Balaban J connectivity index is 1.22. The molecule has 5 rings (SSSR count). The van der Waals surface area contributed by atoms with Gasteiger partial charge in [-0.3, -0.25) is 9.59 Å². The monoisotopic (exact) mass is 562 g/mol. The fourth-order valence-electron chi connectivity index (χ4n) is 5.42. The van der Waals surface area contributed by atoms with Crippen molar-refractivity contribution in [3.8, 4) is 5.75 Å². The molecule has 2 heterocycles. The molecule has 4 unspecified atom stereocenters. The quantitative estimate of drug-likeness (QED) is 0.397. The number of aromatic hydroxyl groups is 1. The van der Waals surface area contributed by atoms with Crippen LogP contribution < -0.4 is 5.32 Å². The molecular weight excluding hydrogens is 528 g/mol. The number of amides is 2. The van der Waals surface area contributed by atoms with Crippen LogP contribution in [0.5, 0.6) is 5.75 Å². The molecule has 216 valence electrons. The third-order valence-electron chi connectivity index (χ3n) is 7.54. The second-order valence-corrected chi connectivity index (χ2v) is 10.2. The summed E-state index contributed by atoms with van der Waals surface area (Å²) in [5.74, 6) is -0.869. The maximum absolute atomic E-state index is 13.5. The van der Waals surface area contributed by atoms with Gasteiger partial charge in [0, 0.05) is 25.1 Å². The van der Waals surface area contributed by atoms with Gasteiger partial charge in [0.1, 0.15) is 36.9 Å². The van der Waals surface area contributed by atoms with Crippen molar-refractivity contribution in [2.24, 2.45) is 0 Å². The van der Waals surface area contributed by atoms with Gasteiger partial charge >= 0.3 is 5.97 Å². The molecule has 0 bridgehead atoms. The van der Waals surface area contributed by atoms with Crippen molar-refractivity contribution in [3.05, 3.63) is 82.9 Å². The van der Waals surface area contributed by atoms with Crippen LogP contribution in [-0.2, 0) is 30.2 Å². The number of aliphatic hydroxyl groups is 1. The lowest BCUT2D eigenvalue weighted by Gasteiger charge is -2.32. The molecule has 41 heavy (non-hydrogen) atoms. The van der Waals surface area contributed by atoms with Crippen molar-refractivity contribution < 1.29 is 38.8 Å². The number of phenolic OH excluding ortho intramolecular Hbond substituents is 1. The Bertz CT molecular complexity index is 1320. The zero-order valence-electron chi connectivity index (χ0n) is 22.6. The fourth-order valence-corrected chi connectivity index (χ4v) is 5.42. The molecule has 1 aliphatic carbocycles. The number of para-hydroxylation sites is 1. The zero-order chi connectivity index (χ0) is 28.8. The van der Waals surface area contributed by atoms with Crippen LogP contribution in [0.15, 0.2) is 66.3 Å². The Morgan fingerprint density at radius 3 is 2.68 bits per heavy atom. The van der Waals surface area contributed by atoms with E-state index in [-0.39, 0.29) is 43.9 Å². The number of allylic oxidation sites excluding steroid dienone is 1. The van der Waals surface area contributed by atoms with Gasteiger partial charge in [-0.2, -0.15) is 0 Å². The SMILES string of the molecule is O=C(OC1CC(C(=O)N2CCCC2C(=O)NCCO)=CC2OCOC21)c1ccc(C=CCc2ccccc2O)cc1. The average molecular weight is 563 g/mol. The third-order valence-corrected chi connectivity index (χ3v) is 7.54. The van der Waals surface area contributed by atoms with E-state index in [1.54, 1.807) is 47.4 Å². The minimum atomic E-state index is -0.735. The number of nitrogens with one attached hydrogen (secondary N) is 1. The first-order chi connectivity index (χ1) is 19.9. The van der Waals surface area contributed by atoms with Crippen molar-refractivity contribution in [3.63, 3.8) is 0 Å². The predicted molar refractivity (Wildman–Crippen MR) is 149 cm³/mol. The molecule has 2 aromatic rings. The van der Waals surface area contributed by atoms with Crippen molar-refractivity contribution in [1.29, 1.82) is 0 Å². The van der Waals surface area contributed by atoms with Crippen LogP contribution >= 0.6 is 0 Å². The van der Waals surface area contributed by atoms with E-state index in [0.29, 0.717) is 36.9 Å². The van der Waals surface area contributed by atoms with E-state index >= 15 is 0 Å². The molecule has 0 saturated carbocycles. The lowest BCUT2D eigenvalue weighted by molar-refractivity contribution is -0.136. The van der Waals surface area contributed by atoms with Gasteiger partial charge in [0.05, 0.1) is 12.2 Å². The minimum absolute atomic E-state index is 0.0268. The number of esters is 1. The molecule has 2 amide bonds. The molecule has 2 saturated heterocycles. The van der Waals surface area contributed by atoms with Gasteiger partial charge in [0.2, 0.25) is 11.8 Å². The summed E-state index contributed by atoms with van der Waals surface area (Å²) < 4.78 is 17.2. The van der Waals surface area contributed by atoms with Crippen molar-refractivity contribution >= 4 is 23.9 Å². The Hall–Kier alpha value is -3.99. The molecule has 0 radical (unpaired) electrons. The predicted octanol–water partition coefficient (Wildman–Crippen LogP) is 2.34. The number of nitrogens with zero attached hydrogens (tertiary/aromatic N) is 1. The molecule has 4 atom stereocenters. The van der Waals surface area contributed by atoms with E-state index in [4.69, 9.17) is 19.3 Å². The van der Waals surface area contributed by atoms with Gasteiger partial charge in [-0.25, -0.2) is 4.79 Å². The van der Waals surface area contributed by atoms with Crippen LogP contribution in [0, 0.1) is 0 Å². The number of phenols is 1. The minimum Gasteiger partial charge on any atom is -0.508 e. The smallest absolute Gasteiger partial charge is 0.338 e. The van der Waals surface area contributed by atoms with E-state index in [2.05, 4.69) is 5.32 Å². The topological polar surface area (TPSA) is 135 Å². The molecule has 0 aromatic heterocycles. The normalized spacial score (nSPS) is 23.7. The molecular formula is C31H34N2O8. The number of hydrogen-bond donors (Lipinski definition) is 3. The third kappa shape index (κ3) is 6.67. The van der Waals surface area contributed by atoms with Crippen LogP contribution in [0.2, 0.25) is 0 Å². The summed E-state index contributed by atoms with van der Waals surface area (Å²) >= 11 is 0. The first kappa shape index (κ1) is 28.5. The molecule has 2 aliphatic heterocycles. The highest BCUT2D eigenvalue weighted by Crippen LogP contribution is 2.33. The number of fused-ring (bicyclic) bond motifs is 1. The van der Waals surface area contributed by atoms with Crippen LogP contribution in [0.25, 0.3) is 6.08 Å². The van der Waals surface area contributed by atoms with Gasteiger partial charge < -0.3 is 34.6 Å². The Kier molecular flexibility index (Phi) is 9.13. The van der Waals surface area contributed by atoms with Crippen molar-refractivity contribution in [2.45, 2.75) is 50.0 Å². The second-order valence-electron chi connectivity index (χ2n) is 10.2. The van der Waals surface area contributed by atoms with Crippen molar-refractivity contribution in [2.75, 3.05) is 26.5 Å². The van der Waals surface area contributed by atoms with Crippen LogP contribution in [-0.4, -0.2) is 83.7 Å². The highest BCUT2D eigenvalue weighted by molar-refractivity contribution is 5.98. The molecule has 2 fully saturated rings. The molecule has 10 nitrogen and oxygen atoms in total. The molecule has 3 aliphatic rings. The number of carbonyl (C=O) groups excluding carboxylic acids is 3. The van der Waals surface area contributed by atoms with Gasteiger partial charge in [-0.1, -0.05) is 42.5 Å². The number of benzene rings is 2. The Labute approximate surface area is 238 Å². The summed E-state index contributed by atoms with van der Waals surface area (Å²) in [4.78, 5) is 40.6. The standard InChI is InChI=1S/C31H34N2O8/c34-16-14-32-29(36)24-8-4-15-33(24)30(37)23-17-26-28(40-19-39-26)27(18-23)41-31(38)22-12-10-20(11-13-22)5-3-7-21-6-1-2-9-25(21)35/h1-3,5-6,9-13,17,24,26-28,34-35H,4,7-8,14-16,18-19H2,(H,32,36). The van der Waals surface area contributed by atoms with Gasteiger partial charge in [-0.15, -0.1) is 0 Å². The Morgan fingerprint density at radius 2 is 1.90 bits per heavy atom. The van der Waals surface area contributed by atoms with Crippen molar-refractivity contribution in [1.82, 2.24) is 10.2 Å². The summed E-state index contributed by atoms with van der Waals surface area (Å²) in [5, 5.41) is 21.6. The lowest BCUT2D eigenvalue weighted by atomic mass is 9.91. The summed E-state index contributed by atoms with van der Waals surface area (Å²) in [6.45, 7) is 0.419. The van der Waals surface area contributed by atoms with Crippen LogP contribution in [0.3, 0.4) is 0 Å². The van der Waals surface area contributed by atoms with E-state index in [1.807, 2.05) is 24.3 Å². The van der Waals surface area contributed by atoms with E-state index in [9.17, 15) is 19.5 Å². The lowest BCUT2D eigenvalue weighted by Crippen LogP contribution is -2.49. The highest BCUT2D eigenvalue weighted by atomic mass is 16.7. The molecule has 3 N–H and O–H groups in total. The van der Waals surface area contributed by atoms with E-state index in [1.165, 1.54) is 0 Å². The summed E-state index contributed by atoms with van der Waals surface area (Å²) in [6.07, 6.45) is 5.70. The van der Waals surface area contributed by atoms with E-state index in [0.717, 1.165) is 11.1 Å². The van der Waals surface area contributed by atoms with Gasteiger partial charge in [0.25, 0.3) is 0 Å². The first-order valence-corrected chi connectivity index (χ1v) is 13.8. The average Bonchev–Trinajstić information content (AvgIpc) is 3.67. The number of aliphatic hydroxyl groups excluding tert-OH is 1. The molecule has 0 spiro atoms. The van der Waals surface area contributed by atoms with Gasteiger partial charge in [-0.05, 0) is 54.7 Å². The summed E-state index contributed by atoms with van der Waals surface area (Å²) in [6, 6.07) is 13.5. The van der Waals surface area contributed by atoms with Crippen LogP contribution in [0.4, 0.5) is 0 Å². The number of likely N-dealkylation sites (tertiary alicyclic amines) is 1. The van der Waals surface area contributed by atoms with Crippen LogP contribution in [0.1, 0.15) is 40.7 Å². The Morgan fingerprint density at radius 1 is 1.10 bits per heavy atom. The number of carbonyl (C=O) groups is 3. The zero-order valence-corrected chi connectivity index (χ0v) is 22.6. The molecule has 10 heteroatoms. The van der Waals surface area contributed by atoms with E-state index < -0.39 is 30.3 Å².